The zero-order valence-corrected chi connectivity index (χ0v) is 9.41. The molecule has 1 aliphatic rings. The fraction of sp³-hybridized carbons (Fsp3) is 0.0714. The highest BCUT2D eigenvalue weighted by Gasteiger charge is 2.27. The van der Waals surface area contributed by atoms with Gasteiger partial charge < -0.3 is 4.74 Å². The molecule has 0 N–H and O–H groups in total. The zero-order chi connectivity index (χ0) is 13.0. The molecule has 0 radical (unpaired) electrons. The maximum Gasteiger partial charge on any atom is 0.345 e. The van der Waals surface area contributed by atoms with E-state index < -0.39 is 17.9 Å². The highest BCUT2D eigenvalue weighted by atomic mass is 16.6. The van der Waals surface area contributed by atoms with Crippen LogP contribution in [0, 0.1) is 5.92 Å². The van der Waals surface area contributed by atoms with Gasteiger partial charge in [0.2, 0.25) is 0 Å². The molecule has 1 aliphatic carbocycles. The Hall–Kier alpha value is -2.49. The van der Waals surface area contributed by atoms with Gasteiger partial charge in [-0.3, -0.25) is 9.59 Å². The van der Waals surface area contributed by atoms with Crippen molar-refractivity contribution >= 4 is 17.7 Å². The molecule has 0 saturated carbocycles. The van der Waals surface area contributed by atoms with E-state index in [1.165, 1.54) is 30.4 Å². The average molecular weight is 242 g/mol. The van der Waals surface area contributed by atoms with E-state index in [4.69, 9.17) is 0 Å². The van der Waals surface area contributed by atoms with Crippen LogP contribution in [0.1, 0.15) is 10.4 Å². The molecule has 18 heavy (non-hydrogen) atoms. The van der Waals surface area contributed by atoms with Crippen molar-refractivity contribution in [3.05, 3.63) is 60.2 Å². The van der Waals surface area contributed by atoms with Gasteiger partial charge >= 0.3 is 11.9 Å². The molecule has 4 nitrogen and oxygen atoms in total. The van der Waals surface area contributed by atoms with Gasteiger partial charge in [-0.25, -0.2) is 4.79 Å². The predicted molar refractivity (Wildman–Crippen MR) is 63.6 cm³/mol. The Labute approximate surface area is 104 Å². The van der Waals surface area contributed by atoms with E-state index in [1.54, 1.807) is 24.3 Å². The summed E-state index contributed by atoms with van der Waals surface area (Å²) >= 11 is 0. The van der Waals surface area contributed by atoms with E-state index in [1.807, 2.05) is 0 Å². The summed E-state index contributed by atoms with van der Waals surface area (Å²) in [6.45, 7) is 0. The largest absolute Gasteiger partial charge is 0.389 e. The standard InChI is InChI=1S/C14H10O4/c15-12-9-5-4-8-11(12)14(17)18-13(16)10-6-2-1-3-7-10/h1-9,11H. The summed E-state index contributed by atoms with van der Waals surface area (Å²) in [7, 11) is 0. The summed E-state index contributed by atoms with van der Waals surface area (Å²) in [5.74, 6) is -3.02. The molecular weight excluding hydrogens is 232 g/mol. The first kappa shape index (κ1) is 12.0. The molecule has 0 spiro atoms. The summed E-state index contributed by atoms with van der Waals surface area (Å²) < 4.78 is 4.66. The molecule has 1 aromatic rings. The molecule has 0 amide bonds. The molecule has 0 fully saturated rings. The van der Waals surface area contributed by atoms with Crippen LogP contribution >= 0.6 is 0 Å². The van der Waals surface area contributed by atoms with Crippen molar-refractivity contribution in [3.63, 3.8) is 0 Å². The molecular formula is C14H10O4. The molecule has 90 valence electrons. The van der Waals surface area contributed by atoms with Gasteiger partial charge in [-0.2, -0.15) is 0 Å². The molecule has 0 saturated heterocycles. The second-order valence-corrected chi connectivity index (χ2v) is 3.70. The van der Waals surface area contributed by atoms with Crippen LogP contribution in [0.15, 0.2) is 54.6 Å². The minimum Gasteiger partial charge on any atom is -0.389 e. The lowest BCUT2D eigenvalue weighted by atomic mass is 10.00. The highest BCUT2D eigenvalue weighted by Crippen LogP contribution is 2.11. The molecule has 1 atom stereocenters. The summed E-state index contributed by atoms with van der Waals surface area (Å²) in [6.07, 6.45) is 5.79. The first-order valence-corrected chi connectivity index (χ1v) is 5.38. The van der Waals surface area contributed by atoms with Crippen LogP contribution in [0.5, 0.6) is 0 Å². The van der Waals surface area contributed by atoms with Crippen LogP contribution in [-0.4, -0.2) is 17.7 Å². The van der Waals surface area contributed by atoms with E-state index >= 15 is 0 Å². The van der Waals surface area contributed by atoms with E-state index in [9.17, 15) is 14.4 Å². The molecule has 0 heterocycles. The monoisotopic (exact) mass is 242 g/mol. The number of esters is 2. The number of hydrogen-bond donors (Lipinski definition) is 0. The van der Waals surface area contributed by atoms with Gasteiger partial charge in [0, 0.05) is 0 Å². The Kier molecular flexibility index (Phi) is 3.48. The number of hydrogen-bond acceptors (Lipinski definition) is 4. The van der Waals surface area contributed by atoms with Crippen molar-refractivity contribution in [2.24, 2.45) is 5.92 Å². The number of ether oxygens (including phenoxy) is 1. The minimum atomic E-state index is -1.03. The highest BCUT2D eigenvalue weighted by molar-refractivity contribution is 6.10. The number of benzene rings is 1. The van der Waals surface area contributed by atoms with Crippen molar-refractivity contribution < 1.29 is 19.1 Å². The SMILES string of the molecule is O=C(OC(=O)C1C=CC=CC1=O)c1ccccc1. The van der Waals surface area contributed by atoms with Gasteiger partial charge in [-0.1, -0.05) is 36.4 Å². The summed E-state index contributed by atoms with van der Waals surface area (Å²) in [4.78, 5) is 34.7. The lowest BCUT2D eigenvalue weighted by Gasteiger charge is -2.10. The zero-order valence-electron chi connectivity index (χ0n) is 9.41. The number of rotatable bonds is 2. The lowest BCUT2D eigenvalue weighted by Crippen LogP contribution is -2.26. The van der Waals surface area contributed by atoms with E-state index in [-0.39, 0.29) is 11.3 Å². The fourth-order valence-electron chi connectivity index (χ4n) is 1.51. The second kappa shape index (κ2) is 5.23. The fourth-order valence-corrected chi connectivity index (χ4v) is 1.51. The maximum absolute atomic E-state index is 11.6. The first-order chi connectivity index (χ1) is 8.68. The number of ketones is 1. The van der Waals surface area contributed by atoms with Crippen LogP contribution in [-0.2, 0) is 14.3 Å². The van der Waals surface area contributed by atoms with Crippen molar-refractivity contribution in [2.75, 3.05) is 0 Å². The molecule has 0 bridgehead atoms. The summed E-state index contributed by atoms with van der Waals surface area (Å²) in [5, 5.41) is 0. The normalized spacial score (nSPS) is 17.6. The van der Waals surface area contributed by atoms with Crippen LogP contribution in [0.2, 0.25) is 0 Å². The second-order valence-electron chi connectivity index (χ2n) is 3.70. The van der Waals surface area contributed by atoms with E-state index in [0.29, 0.717) is 0 Å². The number of carbonyl (C=O) groups excluding carboxylic acids is 3. The van der Waals surface area contributed by atoms with Gasteiger partial charge in [0.05, 0.1) is 5.56 Å². The topological polar surface area (TPSA) is 60.4 Å². The molecule has 0 aliphatic heterocycles. The van der Waals surface area contributed by atoms with Gasteiger partial charge in [0.15, 0.2) is 5.78 Å². The third kappa shape index (κ3) is 2.60. The molecule has 1 unspecified atom stereocenters. The Balaban J connectivity index is 2.04. The van der Waals surface area contributed by atoms with Gasteiger partial charge in [0.1, 0.15) is 5.92 Å². The van der Waals surface area contributed by atoms with E-state index in [2.05, 4.69) is 4.74 Å². The first-order valence-electron chi connectivity index (χ1n) is 5.38. The molecule has 2 rings (SSSR count). The number of carbonyl (C=O) groups is 3. The van der Waals surface area contributed by atoms with Gasteiger partial charge in [-0.05, 0) is 18.2 Å². The van der Waals surface area contributed by atoms with Crippen LogP contribution < -0.4 is 0 Å². The third-order valence-electron chi connectivity index (χ3n) is 2.44. The van der Waals surface area contributed by atoms with Crippen LogP contribution in [0.4, 0.5) is 0 Å². The Morgan fingerprint density at radius 3 is 2.44 bits per heavy atom. The molecule has 0 aromatic heterocycles. The van der Waals surface area contributed by atoms with Gasteiger partial charge in [-0.15, -0.1) is 0 Å². The molecule has 4 heteroatoms. The average Bonchev–Trinajstić information content (AvgIpc) is 2.40. The van der Waals surface area contributed by atoms with Crippen molar-refractivity contribution in [3.8, 4) is 0 Å². The molecule has 1 aromatic carbocycles. The van der Waals surface area contributed by atoms with Crippen molar-refractivity contribution in [2.45, 2.75) is 0 Å². The Morgan fingerprint density at radius 1 is 1.06 bits per heavy atom. The minimum absolute atomic E-state index is 0.272. The summed E-state index contributed by atoms with van der Waals surface area (Å²) in [6, 6.07) is 8.14. The van der Waals surface area contributed by atoms with Crippen LogP contribution in [0.25, 0.3) is 0 Å². The van der Waals surface area contributed by atoms with Crippen molar-refractivity contribution in [1.82, 2.24) is 0 Å². The lowest BCUT2D eigenvalue weighted by molar-refractivity contribution is -0.143. The quantitative estimate of drug-likeness (QED) is 0.584. The predicted octanol–water partition coefficient (Wildman–Crippen LogP) is 1.68. The van der Waals surface area contributed by atoms with E-state index in [0.717, 1.165) is 0 Å². The Bertz CT molecular complexity index is 540. The number of allylic oxidation sites excluding steroid dienone is 3. The van der Waals surface area contributed by atoms with Crippen LogP contribution in [0.3, 0.4) is 0 Å². The third-order valence-corrected chi connectivity index (χ3v) is 2.44. The summed E-state index contributed by atoms with van der Waals surface area (Å²) in [5.41, 5.74) is 0.272. The van der Waals surface area contributed by atoms with Gasteiger partial charge in [0.25, 0.3) is 0 Å². The van der Waals surface area contributed by atoms with Crippen molar-refractivity contribution in [1.29, 1.82) is 0 Å². The maximum atomic E-state index is 11.6. The Morgan fingerprint density at radius 2 is 1.78 bits per heavy atom. The smallest absolute Gasteiger partial charge is 0.345 e.